The Hall–Kier alpha value is -1.43. The first-order valence-corrected chi connectivity index (χ1v) is 5.88. The van der Waals surface area contributed by atoms with E-state index in [1.807, 2.05) is 0 Å². The maximum Gasteiger partial charge on any atom is 0.417 e. The van der Waals surface area contributed by atoms with Crippen LogP contribution in [0.3, 0.4) is 0 Å². The molecule has 1 aromatic carbocycles. The Morgan fingerprint density at radius 1 is 1.22 bits per heavy atom. The summed E-state index contributed by atoms with van der Waals surface area (Å²) in [4.78, 5) is 0. The van der Waals surface area contributed by atoms with Gasteiger partial charge in [-0.1, -0.05) is 15.9 Å². The molecular weight excluding hydrogens is 311 g/mol. The zero-order valence-electron chi connectivity index (χ0n) is 9.09. The maximum absolute atomic E-state index is 12.7. The molecule has 0 aliphatic rings. The van der Waals surface area contributed by atoms with Crippen molar-refractivity contribution < 1.29 is 17.6 Å². The van der Waals surface area contributed by atoms with Gasteiger partial charge in [-0.15, -0.1) is 0 Å². The van der Waals surface area contributed by atoms with Crippen LogP contribution in [0.2, 0.25) is 0 Å². The molecule has 2 nitrogen and oxygen atoms in total. The van der Waals surface area contributed by atoms with E-state index in [1.54, 1.807) is 12.1 Å². The van der Waals surface area contributed by atoms with E-state index in [2.05, 4.69) is 21.2 Å². The summed E-state index contributed by atoms with van der Waals surface area (Å²) in [6.45, 7) is 0.412. The number of rotatable bonds is 3. The number of hydrogen-bond acceptors (Lipinski definition) is 2. The largest absolute Gasteiger partial charge is 0.472 e. The van der Waals surface area contributed by atoms with Crippen LogP contribution in [0.25, 0.3) is 0 Å². The van der Waals surface area contributed by atoms with Crippen molar-refractivity contribution in [2.24, 2.45) is 0 Å². The molecule has 0 saturated heterocycles. The monoisotopic (exact) mass is 319 g/mol. The molecule has 1 N–H and O–H groups in total. The molecule has 0 saturated carbocycles. The van der Waals surface area contributed by atoms with E-state index in [0.29, 0.717) is 12.2 Å². The van der Waals surface area contributed by atoms with Crippen LogP contribution in [0, 0.1) is 0 Å². The van der Waals surface area contributed by atoms with Gasteiger partial charge in [-0.2, -0.15) is 13.2 Å². The Morgan fingerprint density at radius 2 is 2.00 bits per heavy atom. The van der Waals surface area contributed by atoms with Crippen molar-refractivity contribution in [2.75, 3.05) is 5.32 Å². The van der Waals surface area contributed by atoms with Gasteiger partial charge in [-0.25, -0.2) is 0 Å². The fourth-order valence-electron chi connectivity index (χ4n) is 1.45. The molecule has 1 aromatic heterocycles. The summed E-state index contributed by atoms with van der Waals surface area (Å²) in [6.07, 6.45) is -1.32. The molecule has 6 heteroatoms. The van der Waals surface area contributed by atoms with Gasteiger partial charge in [0, 0.05) is 22.3 Å². The van der Waals surface area contributed by atoms with E-state index in [4.69, 9.17) is 4.42 Å². The summed E-state index contributed by atoms with van der Waals surface area (Å²) in [6, 6.07) is 5.78. The molecule has 1 heterocycles. The molecule has 2 rings (SSSR count). The highest BCUT2D eigenvalue weighted by Gasteiger charge is 2.33. The van der Waals surface area contributed by atoms with Crippen molar-refractivity contribution in [3.63, 3.8) is 0 Å². The Kier molecular flexibility index (Phi) is 3.65. The Morgan fingerprint density at radius 3 is 2.61 bits per heavy atom. The molecule has 0 amide bonds. The maximum atomic E-state index is 12.7. The van der Waals surface area contributed by atoms with Crippen molar-refractivity contribution in [1.82, 2.24) is 0 Å². The molecule has 0 spiro atoms. The zero-order chi connectivity index (χ0) is 13.2. The standard InChI is InChI=1S/C12H9BrF3NO/c13-11-2-1-9(5-10(11)12(14,15)16)17-6-8-3-4-18-7-8/h1-5,7,17H,6H2. The number of furan rings is 1. The first-order valence-electron chi connectivity index (χ1n) is 5.08. The van der Waals surface area contributed by atoms with E-state index in [1.165, 1.54) is 18.6 Å². The highest BCUT2D eigenvalue weighted by Crippen LogP contribution is 2.36. The predicted octanol–water partition coefficient (Wildman–Crippen LogP) is 4.67. The second-order valence-electron chi connectivity index (χ2n) is 3.68. The second kappa shape index (κ2) is 5.06. The van der Waals surface area contributed by atoms with Gasteiger partial charge in [-0.3, -0.25) is 0 Å². The van der Waals surface area contributed by atoms with Crippen LogP contribution in [0.4, 0.5) is 18.9 Å². The van der Waals surface area contributed by atoms with Crippen molar-refractivity contribution in [3.8, 4) is 0 Å². The number of alkyl halides is 3. The molecule has 0 aliphatic heterocycles. The minimum absolute atomic E-state index is 0.0314. The van der Waals surface area contributed by atoms with E-state index in [0.717, 1.165) is 11.6 Å². The number of hydrogen-bond donors (Lipinski definition) is 1. The SMILES string of the molecule is FC(F)(F)c1cc(NCc2ccoc2)ccc1Br. The minimum atomic E-state index is -4.37. The molecule has 0 atom stereocenters. The highest BCUT2D eigenvalue weighted by molar-refractivity contribution is 9.10. The lowest BCUT2D eigenvalue weighted by Gasteiger charge is -2.12. The predicted molar refractivity (Wildman–Crippen MR) is 65.2 cm³/mol. The summed E-state index contributed by atoms with van der Waals surface area (Å²) in [5.41, 5.74) is 0.581. The van der Waals surface area contributed by atoms with Crippen LogP contribution >= 0.6 is 15.9 Å². The lowest BCUT2D eigenvalue weighted by Crippen LogP contribution is -2.07. The van der Waals surface area contributed by atoms with Gasteiger partial charge in [0.1, 0.15) is 0 Å². The third-order valence-electron chi connectivity index (χ3n) is 2.35. The Balaban J connectivity index is 2.15. The number of benzene rings is 1. The van der Waals surface area contributed by atoms with Crippen LogP contribution in [0.15, 0.2) is 45.7 Å². The first-order chi connectivity index (χ1) is 8.47. The summed E-state index contributed by atoms with van der Waals surface area (Å²) in [5.74, 6) is 0. The molecule has 0 radical (unpaired) electrons. The van der Waals surface area contributed by atoms with E-state index < -0.39 is 11.7 Å². The van der Waals surface area contributed by atoms with E-state index in [9.17, 15) is 13.2 Å². The van der Waals surface area contributed by atoms with Gasteiger partial charge in [0.15, 0.2) is 0 Å². The highest BCUT2D eigenvalue weighted by atomic mass is 79.9. The number of halogens is 4. The number of nitrogens with one attached hydrogen (secondary N) is 1. The first kappa shape index (κ1) is 13.0. The van der Waals surface area contributed by atoms with Gasteiger partial charge >= 0.3 is 6.18 Å². The molecule has 96 valence electrons. The molecule has 0 bridgehead atoms. The molecule has 0 fully saturated rings. The smallest absolute Gasteiger partial charge is 0.417 e. The fourth-order valence-corrected chi connectivity index (χ4v) is 1.92. The Bertz CT molecular complexity index is 523. The lowest BCUT2D eigenvalue weighted by atomic mass is 10.2. The van der Waals surface area contributed by atoms with Gasteiger partial charge in [-0.05, 0) is 24.3 Å². The third-order valence-corrected chi connectivity index (χ3v) is 3.04. The normalized spacial score (nSPS) is 11.6. The van der Waals surface area contributed by atoms with Crippen LogP contribution in [-0.2, 0) is 12.7 Å². The average Bonchev–Trinajstić information content (AvgIpc) is 2.79. The van der Waals surface area contributed by atoms with Crippen LogP contribution < -0.4 is 5.32 Å². The summed E-state index contributed by atoms with van der Waals surface area (Å²) in [7, 11) is 0. The topological polar surface area (TPSA) is 25.2 Å². The van der Waals surface area contributed by atoms with Crippen molar-refractivity contribution >= 4 is 21.6 Å². The second-order valence-corrected chi connectivity index (χ2v) is 4.53. The van der Waals surface area contributed by atoms with Crippen molar-refractivity contribution in [1.29, 1.82) is 0 Å². The molecular formula is C12H9BrF3NO. The quantitative estimate of drug-likeness (QED) is 0.889. The fraction of sp³-hybridized carbons (Fsp3) is 0.167. The van der Waals surface area contributed by atoms with Crippen LogP contribution in [0.5, 0.6) is 0 Å². The minimum Gasteiger partial charge on any atom is -0.472 e. The molecule has 0 aliphatic carbocycles. The zero-order valence-corrected chi connectivity index (χ0v) is 10.7. The van der Waals surface area contributed by atoms with Gasteiger partial charge in [0.25, 0.3) is 0 Å². The molecule has 2 aromatic rings. The molecule has 18 heavy (non-hydrogen) atoms. The average molecular weight is 320 g/mol. The van der Waals surface area contributed by atoms with Crippen LogP contribution in [-0.4, -0.2) is 0 Å². The summed E-state index contributed by atoms with van der Waals surface area (Å²) < 4.78 is 42.9. The summed E-state index contributed by atoms with van der Waals surface area (Å²) in [5, 5.41) is 2.91. The van der Waals surface area contributed by atoms with Gasteiger partial charge in [0.2, 0.25) is 0 Å². The number of anilines is 1. The molecule has 0 unspecified atom stereocenters. The van der Waals surface area contributed by atoms with E-state index in [-0.39, 0.29) is 4.47 Å². The Labute approximate surface area is 110 Å². The van der Waals surface area contributed by atoms with Gasteiger partial charge < -0.3 is 9.73 Å². The summed E-state index contributed by atoms with van der Waals surface area (Å²) >= 11 is 2.89. The van der Waals surface area contributed by atoms with Gasteiger partial charge in [0.05, 0.1) is 18.1 Å². The van der Waals surface area contributed by atoms with E-state index >= 15 is 0 Å². The van der Waals surface area contributed by atoms with Crippen LogP contribution in [0.1, 0.15) is 11.1 Å². The third kappa shape index (κ3) is 3.07. The van der Waals surface area contributed by atoms with Crippen molar-refractivity contribution in [3.05, 3.63) is 52.4 Å². The van der Waals surface area contributed by atoms with Crippen molar-refractivity contribution in [2.45, 2.75) is 12.7 Å². The lowest BCUT2D eigenvalue weighted by molar-refractivity contribution is -0.138.